The Hall–Kier alpha value is -1.61. The topological polar surface area (TPSA) is 30.0 Å². The van der Waals surface area contributed by atoms with Crippen molar-refractivity contribution in [2.24, 2.45) is 0 Å². The molecule has 0 saturated carbocycles. The van der Waals surface area contributed by atoms with E-state index < -0.39 is 0 Å². The number of Topliss-reactive ketones (excluding diaryl/α,β-unsaturated/α-hetero) is 1. The standard InChI is InChI=1S/C15H15NOS/c1-11-3-6-13(10-16-11)15(17)9-12-4-7-14(18-2)8-5-12/h3-8,10H,9H2,1-2H3. The van der Waals surface area contributed by atoms with Gasteiger partial charge in [0.1, 0.15) is 0 Å². The molecular formula is C15H15NOS. The molecule has 2 rings (SSSR count). The van der Waals surface area contributed by atoms with Crippen molar-refractivity contribution in [2.75, 3.05) is 6.26 Å². The number of carbonyl (C=O) groups excluding carboxylic acids is 1. The highest BCUT2D eigenvalue weighted by Gasteiger charge is 2.07. The van der Waals surface area contributed by atoms with Crippen LogP contribution in [0, 0.1) is 6.92 Å². The molecule has 18 heavy (non-hydrogen) atoms. The van der Waals surface area contributed by atoms with E-state index in [1.54, 1.807) is 18.0 Å². The minimum absolute atomic E-state index is 0.111. The quantitative estimate of drug-likeness (QED) is 0.620. The van der Waals surface area contributed by atoms with Crippen molar-refractivity contribution < 1.29 is 4.79 Å². The molecule has 0 aliphatic carbocycles. The number of carbonyl (C=O) groups is 1. The molecule has 0 spiro atoms. The van der Waals surface area contributed by atoms with Gasteiger partial charge >= 0.3 is 0 Å². The van der Waals surface area contributed by atoms with Crippen molar-refractivity contribution in [3.05, 3.63) is 59.4 Å². The lowest BCUT2D eigenvalue weighted by Gasteiger charge is -2.03. The zero-order chi connectivity index (χ0) is 13.0. The zero-order valence-corrected chi connectivity index (χ0v) is 11.3. The van der Waals surface area contributed by atoms with Gasteiger partial charge in [-0.2, -0.15) is 0 Å². The number of thioether (sulfide) groups is 1. The van der Waals surface area contributed by atoms with Gasteiger partial charge in [0.25, 0.3) is 0 Å². The molecule has 0 unspecified atom stereocenters. The second-order valence-corrected chi connectivity index (χ2v) is 5.02. The maximum absolute atomic E-state index is 12.0. The average Bonchev–Trinajstić information content (AvgIpc) is 2.40. The lowest BCUT2D eigenvalue weighted by atomic mass is 10.0. The number of pyridine rings is 1. The van der Waals surface area contributed by atoms with E-state index in [0.717, 1.165) is 11.3 Å². The molecule has 1 heterocycles. The number of hydrogen-bond acceptors (Lipinski definition) is 3. The first-order chi connectivity index (χ1) is 8.69. The van der Waals surface area contributed by atoms with Gasteiger partial charge in [0.2, 0.25) is 0 Å². The highest BCUT2D eigenvalue weighted by atomic mass is 32.2. The summed E-state index contributed by atoms with van der Waals surface area (Å²) in [6.07, 6.45) is 4.12. The SMILES string of the molecule is CSc1ccc(CC(=O)c2ccc(C)nc2)cc1. The smallest absolute Gasteiger partial charge is 0.168 e. The molecule has 1 aromatic heterocycles. The molecule has 0 bridgehead atoms. The summed E-state index contributed by atoms with van der Waals surface area (Å²) < 4.78 is 0. The van der Waals surface area contributed by atoms with Crippen LogP contribution in [0.4, 0.5) is 0 Å². The Morgan fingerprint density at radius 3 is 2.44 bits per heavy atom. The van der Waals surface area contributed by atoms with Crippen molar-refractivity contribution >= 4 is 17.5 Å². The van der Waals surface area contributed by atoms with Crippen LogP contribution in [0.15, 0.2) is 47.5 Å². The third-order valence-electron chi connectivity index (χ3n) is 2.76. The lowest BCUT2D eigenvalue weighted by Crippen LogP contribution is -2.04. The predicted molar refractivity (Wildman–Crippen MR) is 75.2 cm³/mol. The van der Waals surface area contributed by atoms with Crippen molar-refractivity contribution in [3.8, 4) is 0 Å². The van der Waals surface area contributed by atoms with Gasteiger partial charge in [-0.05, 0) is 43.0 Å². The molecule has 92 valence electrons. The summed E-state index contributed by atoms with van der Waals surface area (Å²) in [7, 11) is 0. The van der Waals surface area contributed by atoms with Crippen LogP contribution in [-0.2, 0) is 6.42 Å². The Balaban J connectivity index is 2.08. The Labute approximate surface area is 111 Å². The van der Waals surface area contributed by atoms with Crippen LogP contribution in [-0.4, -0.2) is 17.0 Å². The highest BCUT2D eigenvalue weighted by Crippen LogP contribution is 2.16. The molecule has 2 aromatic rings. The third kappa shape index (κ3) is 3.20. The van der Waals surface area contributed by atoms with Crippen LogP contribution in [0.3, 0.4) is 0 Å². The molecule has 0 atom stereocenters. The van der Waals surface area contributed by atoms with Gasteiger partial charge in [0.05, 0.1) is 0 Å². The van der Waals surface area contributed by atoms with Crippen molar-refractivity contribution in [1.29, 1.82) is 0 Å². The number of aryl methyl sites for hydroxylation is 1. The molecule has 1 aromatic carbocycles. The summed E-state index contributed by atoms with van der Waals surface area (Å²) in [5.74, 6) is 0.111. The number of benzene rings is 1. The Morgan fingerprint density at radius 2 is 1.89 bits per heavy atom. The Kier molecular flexibility index (Phi) is 4.15. The van der Waals surface area contributed by atoms with E-state index >= 15 is 0 Å². The van der Waals surface area contributed by atoms with Gasteiger partial charge in [-0.3, -0.25) is 9.78 Å². The normalized spacial score (nSPS) is 10.3. The molecule has 0 aliphatic heterocycles. The first kappa shape index (κ1) is 12.8. The van der Waals surface area contributed by atoms with Gasteiger partial charge in [-0.15, -0.1) is 11.8 Å². The zero-order valence-electron chi connectivity index (χ0n) is 10.5. The van der Waals surface area contributed by atoms with Crippen LogP contribution in [0.25, 0.3) is 0 Å². The Bertz CT molecular complexity index is 531. The molecule has 0 N–H and O–H groups in total. The summed E-state index contributed by atoms with van der Waals surface area (Å²) in [6.45, 7) is 1.91. The van der Waals surface area contributed by atoms with Crippen molar-refractivity contribution in [2.45, 2.75) is 18.2 Å². The van der Waals surface area contributed by atoms with Crippen LogP contribution >= 0.6 is 11.8 Å². The van der Waals surface area contributed by atoms with Gasteiger partial charge in [0, 0.05) is 28.8 Å². The molecule has 0 amide bonds. The monoisotopic (exact) mass is 257 g/mol. The maximum Gasteiger partial charge on any atom is 0.168 e. The van der Waals surface area contributed by atoms with E-state index in [-0.39, 0.29) is 5.78 Å². The number of nitrogens with zero attached hydrogens (tertiary/aromatic N) is 1. The highest BCUT2D eigenvalue weighted by molar-refractivity contribution is 7.98. The fourth-order valence-corrected chi connectivity index (χ4v) is 2.07. The first-order valence-corrected chi connectivity index (χ1v) is 7.00. The summed E-state index contributed by atoms with van der Waals surface area (Å²) in [5.41, 5.74) is 2.64. The van der Waals surface area contributed by atoms with E-state index in [0.29, 0.717) is 12.0 Å². The molecule has 3 heteroatoms. The minimum atomic E-state index is 0.111. The summed E-state index contributed by atoms with van der Waals surface area (Å²) in [6, 6.07) is 11.8. The van der Waals surface area contributed by atoms with Crippen LogP contribution in [0.1, 0.15) is 21.6 Å². The number of ketones is 1. The van der Waals surface area contributed by atoms with Gasteiger partial charge in [-0.25, -0.2) is 0 Å². The third-order valence-corrected chi connectivity index (χ3v) is 3.50. The first-order valence-electron chi connectivity index (χ1n) is 5.78. The molecule has 0 aliphatic rings. The van der Waals surface area contributed by atoms with Crippen molar-refractivity contribution in [3.63, 3.8) is 0 Å². The lowest BCUT2D eigenvalue weighted by molar-refractivity contribution is 0.0992. The Morgan fingerprint density at radius 1 is 1.17 bits per heavy atom. The van der Waals surface area contributed by atoms with Crippen LogP contribution < -0.4 is 0 Å². The van der Waals surface area contributed by atoms with Gasteiger partial charge in [-0.1, -0.05) is 12.1 Å². The summed E-state index contributed by atoms with van der Waals surface area (Å²) in [4.78, 5) is 17.4. The van der Waals surface area contributed by atoms with E-state index in [2.05, 4.69) is 4.98 Å². The van der Waals surface area contributed by atoms with Gasteiger partial charge < -0.3 is 0 Å². The molecular weight excluding hydrogens is 242 g/mol. The molecule has 0 saturated heterocycles. The summed E-state index contributed by atoms with van der Waals surface area (Å²) >= 11 is 1.70. The number of aromatic nitrogens is 1. The number of rotatable bonds is 4. The fraction of sp³-hybridized carbons (Fsp3) is 0.200. The van der Waals surface area contributed by atoms with E-state index in [1.807, 2.05) is 49.6 Å². The van der Waals surface area contributed by atoms with E-state index in [4.69, 9.17) is 0 Å². The fourth-order valence-electron chi connectivity index (χ4n) is 1.66. The van der Waals surface area contributed by atoms with E-state index in [1.165, 1.54) is 4.90 Å². The van der Waals surface area contributed by atoms with Crippen LogP contribution in [0.2, 0.25) is 0 Å². The second kappa shape index (κ2) is 5.83. The average molecular weight is 257 g/mol. The van der Waals surface area contributed by atoms with Crippen molar-refractivity contribution in [1.82, 2.24) is 4.98 Å². The molecule has 2 nitrogen and oxygen atoms in total. The van der Waals surface area contributed by atoms with Crippen LogP contribution in [0.5, 0.6) is 0 Å². The number of hydrogen-bond donors (Lipinski definition) is 0. The largest absolute Gasteiger partial charge is 0.294 e. The second-order valence-electron chi connectivity index (χ2n) is 4.14. The molecule has 0 radical (unpaired) electrons. The summed E-state index contributed by atoms with van der Waals surface area (Å²) in [5, 5.41) is 0. The minimum Gasteiger partial charge on any atom is -0.294 e. The molecule has 0 fully saturated rings. The van der Waals surface area contributed by atoms with Gasteiger partial charge in [0.15, 0.2) is 5.78 Å². The predicted octanol–water partition coefficient (Wildman–Crippen LogP) is 3.54. The maximum atomic E-state index is 12.0. The van der Waals surface area contributed by atoms with E-state index in [9.17, 15) is 4.79 Å².